The summed E-state index contributed by atoms with van der Waals surface area (Å²) >= 11 is 0. The van der Waals surface area contributed by atoms with E-state index >= 15 is 0 Å². The van der Waals surface area contributed by atoms with Crippen LogP contribution in [-0.4, -0.2) is 56.4 Å². The predicted molar refractivity (Wildman–Crippen MR) is 100 cm³/mol. The molecule has 1 aromatic heterocycles. The molecular formula is C17H27F3N4O3S. The first-order valence-corrected chi connectivity index (χ1v) is 10.8. The minimum absolute atomic E-state index is 0.142. The van der Waals surface area contributed by atoms with Gasteiger partial charge >= 0.3 is 15.5 Å². The Morgan fingerprint density at radius 3 is 2.64 bits per heavy atom. The summed E-state index contributed by atoms with van der Waals surface area (Å²) in [6.45, 7) is 2.94. The predicted octanol–water partition coefficient (Wildman–Crippen LogP) is 2.47. The van der Waals surface area contributed by atoms with Crippen LogP contribution in [0, 0.1) is 0 Å². The van der Waals surface area contributed by atoms with E-state index in [1.54, 1.807) is 6.26 Å². The van der Waals surface area contributed by atoms with E-state index in [0.29, 0.717) is 29.8 Å². The zero-order valence-electron chi connectivity index (χ0n) is 15.8. The Morgan fingerprint density at radius 2 is 2.07 bits per heavy atom. The molecule has 0 radical (unpaired) electrons. The summed E-state index contributed by atoms with van der Waals surface area (Å²) in [4.78, 5) is 4.49. The molecule has 0 amide bonds. The molecule has 2 rings (SSSR count). The molecule has 0 bridgehead atoms. The van der Waals surface area contributed by atoms with Gasteiger partial charge in [-0.25, -0.2) is 8.42 Å². The Labute approximate surface area is 163 Å². The fraction of sp³-hybridized carbons (Fsp3) is 0.706. The first kappa shape index (κ1) is 22.5. The monoisotopic (exact) mass is 424 g/mol. The van der Waals surface area contributed by atoms with Crippen LogP contribution >= 0.6 is 0 Å². The van der Waals surface area contributed by atoms with Crippen LogP contribution in [0.4, 0.5) is 13.2 Å². The van der Waals surface area contributed by atoms with Gasteiger partial charge < -0.3 is 15.1 Å². The highest BCUT2D eigenvalue weighted by Crippen LogP contribution is 2.28. The third-order valence-corrected chi connectivity index (χ3v) is 6.08. The molecule has 0 unspecified atom stereocenters. The largest absolute Gasteiger partial charge is 0.511 e. The number of hydrogen-bond donors (Lipinski definition) is 2. The van der Waals surface area contributed by atoms with E-state index in [0.717, 1.165) is 18.6 Å². The molecule has 11 heteroatoms. The van der Waals surface area contributed by atoms with Gasteiger partial charge in [0.15, 0.2) is 5.96 Å². The van der Waals surface area contributed by atoms with Crippen molar-refractivity contribution in [1.82, 2.24) is 14.9 Å². The first-order chi connectivity index (χ1) is 13.2. The smallest absolute Gasteiger partial charge is 0.469 e. The van der Waals surface area contributed by atoms with E-state index in [-0.39, 0.29) is 32.0 Å². The van der Waals surface area contributed by atoms with E-state index < -0.39 is 15.5 Å². The lowest BCUT2D eigenvalue weighted by molar-refractivity contribution is -0.0494. The van der Waals surface area contributed by atoms with E-state index in [4.69, 9.17) is 4.42 Å². The van der Waals surface area contributed by atoms with Gasteiger partial charge in [0.25, 0.3) is 0 Å². The minimum atomic E-state index is -5.26. The van der Waals surface area contributed by atoms with Crippen molar-refractivity contribution in [2.24, 2.45) is 4.99 Å². The molecule has 1 aromatic rings. The third-order valence-electron chi connectivity index (χ3n) is 4.45. The SMILES string of the molecule is CCCCN=C(NCCc1ccco1)NC1CCN(S(=O)(=O)C(F)(F)F)CC1. The topological polar surface area (TPSA) is 86.9 Å². The third kappa shape index (κ3) is 6.40. The maximum Gasteiger partial charge on any atom is 0.511 e. The van der Waals surface area contributed by atoms with Gasteiger partial charge in [-0.2, -0.15) is 17.5 Å². The lowest BCUT2D eigenvalue weighted by atomic mass is 10.1. The van der Waals surface area contributed by atoms with Crippen molar-refractivity contribution in [3.05, 3.63) is 24.2 Å². The van der Waals surface area contributed by atoms with Crippen molar-refractivity contribution < 1.29 is 26.0 Å². The minimum Gasteiger partial charge on any atom is -0.469 e. The molecule has 1 aliphatic heterocycles. The van der Waals surface area contributed by atoms with Crippen molar-refractivity contribution in [2.45, 2.75) is 50.6 Å². The van der Waals surface area contributed by atoms with Crippen LogP contribution in [0.3, 0.4) is 0 Å². The Hall–Kier alpha value is -1.75. The average Bonchev–Trinajstić information content (AvgIpc) is 3.15. The van der Waals surface area contributed by atoms with Crippen LogP contribution in [0.25, 0.3) is 0 Å². The normalized spacial score (nSPS) is 17.6. The number of nitrogens with one attached hydrogen (secondary N) is 2. The Kier molecular flexibility index (Phi) is 8.17. The molecule has 2 heterocycles. The Morgan fingerprint density at radius 1 is 1.36 bits per heavy atom. The number of halogens is 3. The molecule has 1 aliphatic rings. The average molecular weight is 424 g/mol. The van der Waals surface area contributed by atoms with E-state index in [1.165, 1.54) is 0 Å². The number of unbranched alkanes of at least 4 members (excludes halogenated alkanes) is 1. The molecule has 160 valence electrons. The fourth-order valence-electron chi connectivity index (χ4n) is 2.84. The number of piperidine rings is 1. The summed E-state index contributed by atoms with van der Waals surface area (Å²) in [6.07, 6.45) is 4.75. The van der Waals surface area contributed by atoms with Gasteiger partial charge in [-0.1, -0.05) is 13.3 Å². The van der Waals surface area contributed by atoms with Crippen molar-refractivity contribution in [2.75, 3.05) is 26.2 Å². The van der Waals surface area contributed by atoms with Crippen LogP contribution in [0.5, 0.6) is 0 Å². The highest BCUT2D eigenvalue weighted by Gasteiger charge is 2.50. The Bertz CT molecular complexity index is 713. The summed E-state index contributed by atoms with van der Waals surface area (Å²) in [6, 6.07) is 3.54. The molecule has 0 aromatic carbocycles. The number of sulfonamides is 1. The van der Waals surface area contributed by atoms with Gasteiger partial charge in [0.1, 0.15) is 5.76 Å². The molecule has 0 atom stereocenters. The molecule has 7 nitrogen and oxygen atoms in total. The highest BCUT2D eigenvalue weighted by atomic mass is 32.2. The number of alkyl halides is 3. The zero-order chi connectivity index (χ0) is 20.6. The van der Waals surface area contributed by atoms with Crippen molar-refractivity contribution >= 4 is 16.0 Å². The molecule has 0 aliphatic carbocycles. The summed E-state index contributed by atoms with van der Waals surface area (Å²) in [5.74, 6) is 1.42. The molecular weight excluding hydrogens is 397 g/mol. The second-order valence-electron chi connectivity index (χ2n) is 6.61. The fourth-order valence-corrected chi connectivity index (χ4v) is 3.83. The molecule has 28 heavy (non-hydrogen) atoms. The summed E-state index contributed by atoms with van der Waals surface area (Å²) in [5, 5.41) is 6.41. The molecule has 1 fully saturated rings. The maximum atomic E-state index is 12.7. The van der Waals surface area contributed by atoms with Gasteiger partial charge in [0.2, 0.25) is 0 Å². The summed E-state index contributed by atoms with van der Waals surface area (Å²) < 4.78 is 66.8. The van der Waals surface area contributed by atoms with Crippen LogP contribution in [0.2, 0.25) is 0 Å². The van der Waals surface area contributed by atoms with Gasteiger partial charge in [0.05, 0.1) is 6.26 Å². The summed E-state index contributed by atoms with van der Waals surface area (Å²) in [5.41, 5.74) is -5.26. The highest BCUT2D eigenvalue weighted by molar-refractivity contribution is 7.90. The number of hydrogen-bond acceptors (Lipinski definition) is 4. The van der Waals surface area contributed by atoms with Crippen LogP contribution in [0.15, 0.2) is 27.8 Å². The van der Waals surface area contributed by atoms with Gasteiger partial charge in [-0.3, -0.25) is 4.99 Å². The van der Waals surface area contributed by atoms with Gasteiger partial charge in [-0.05, 0) is 31.4 Å². The van der Waals surface area contributed by atoms with Crippen LogP contribution in [-0.2, 0) is 16.4 Å². The molecule has 0 spiro atoms. The Balaban J connectivity index is 1.87. The van der Waals surface area contributed by atoms with Crippen molar-refractivity contribution in [1.29, 1.82) is 0 Å². The zero-order valence-corrected chi connectivity index (χ0v) is 16.7. The number of nitrogens with zero attached hydrogens (tertiary/aromatic N) is 2. The van der Waals surface area contributed by atoms with E-state index in [9.17, 15) is 21.6 Å². The quantitative estimate of drug-likeness (QED) is 0.380. The van der Waals surface area contributed by atoms with Crippen LogP contribution < -0.4 is 10.6 Å². The van der Waals surface area contributed by atoms with Gasteiger partial charge in [0, 0.05) is 38.6 Å². The van der Waals surface area contributed by atoms with E-state index in [2.05, 4.69) is 22.5 Å². The number of furan rings is 1. The van der Waals surface area contributed by atoms with Gasteiger partial charge in [-0.15, -0.1) is 0 Å². The number of guanidine groups is 1. The molecule has 1 saturated heterocycles. The lowest BCUT2D eigenvalue weighted by Gasteiger charge is -2.32. The standard InChI is InChI=1S/C17H27F3N4O3S/c1-2-3-9-21-16(22-10-6-15-5-4-13-27-15)23-14-7-11-24(12-8-14)28(25,26)17(18,19)20/h4-5,13-14H,2-3,6-12H2,1H3,(H2,21,22,23). The first-order valence-electron chi connectivity index (χ1n) is 9.37. The second kappa shape index (κ2) is 10.1. The van der Waals surface area contributed by atoms with E-state index in [1.807, 2.05) is 12.1 Å². The van der Waals surface area contributed by atoms with Crippen molar-refractivity contribution in [3.8, 4) is 0 Å². The number of aliphatic imine (C=N–C) groups is 1. The second-order valence-corrected chi connectivity index (χ2v) is 8.54. The van der Waals surface area contributed by atoms with Crippen molar-refractivity contribution in [3.63, 3.8) is 0 Å². The number of rotatable bonds is 8. The maximum absolute atomic E-state index is 12.7. The molecule has 2 N–H and O–H groups in total. The summed E-state index contributed by atoms with van der Waals surface area (Å²) in [7, 11) is -5.26. The molecule has 0 saturated carbocycles. The van der Waals surface area contributed by atoms with Crippen LogP contribution in [0.1, 0.15) is 38.4 Å². The lowest BCUT2D eigenvalue weighted by Crippen LogP contribution is -2.51.